The zero-order valence-electron chi connectivity index (χ0n) is 11.3. The second kappa shape index (κ2) is 5.94. The molecule has 1 heterocycles. The van der Waals surface area contributed by atoms with Gasteiger partial charge in [-0.15, -0.1) is 11.6 Å². The molecule has 18 heavy (non-hydrogen) atoms. The Morgan fingerprint density at radius 2 is 2.22 bits per heavy atom. The zero-order chi connectivity index (χ0) is 13.1. The molecule has 1 fully saturated rings. The largest absolute Gasteiger partial charge is 0.496 e. The van der Waals surface area contributed by atoms with Gasteiger partial charge in [-0.3, -0.25) is 0 Å². The summed E-state index contributed by atoms with van der Waals surface area (Å²) in [6, 6.07) is 6.22. The molecule has 2 nitrogen and oxygen atoms in total. The Balaban J connectivity index is 2.17. The van der Waals surface area contributed by atoms with Crippen molar-refractivity contribution in [1.82, 2.24) is 0 Å². The van der Waals surface area contributed by atoms with Gasteiger partial charge in [0.25, 0.3) is 0 Å². The summed E-state index contributed by atoms with van der Waals surface area (Å²) >= 11 is 6.65. The highest BCUT2D eigenvalue weighted by Gasteiger charge is 2.29. The van der Waals surface area contributed by atoms with E-state index in [0.717, 1.165) is 30.9 Å². The monoisotopic (exact) mass is 268 g/mol. The van der Waals surface area contributed by atoms with Crippen molar-refractivity contribution in [3.05, 3.63) is 29.3 Å². The lowest BCUT2D eigenvalue weighted by Crippen LogP contribution is -2.28. The van der Waals surface area contributed by atoms with Gasteiger partial charge in [0.05, 0.1) is 12.5 Å². The summed E-state index contributed by atoms with van der Waals surface area (Å²) in [7, 11) is 1.70. The Morgan fingerprint density at radius 1 is 1.44 bits per heavy atom. The molecular formula is C15H21ClO2. The van der Waals surface area contributed by atoms with Gasteiger partial charge in [-0.25, -0.2) is 0 Å². The number of hydrogen-bond donors (Lipinski definition) is 0. The van der Waals surface area contributed by atoms with Crippen LogP contribution in [0.4, 0.5) is 0 Å². The van der Waals surface area contributed by atoms with Crippen molar-refractivity contribution in [2.24, 2.45) is 11.8 Å². The molecule has 1 aromatic rings. The second-order valence-electron chi connectivity index (χ2n) is 5.14. The Hall–Kier alpha value is -0.730. The summed E-state index contributed by atoms with van der Waals surface area (Å²) < 4.78 is 10.8. The van der Waals surface area contributed by atoms with Gasteiger partial charge in [0.1, 0.15) is 5.75 Å². The molecule has 1 aliphatic rings. The van der Waals surface area contributed by atoms with E-state index in [1.807, 2.05) is 6.07 Å². The van der Waals surface area contributed by atoms with E-state index < -0.39 is 0 Å². The number of aryl methyl sites for hydroxylation is 1. The van der Waals surface area contributed by atoms with Crippen LogP contribution in [0.3, 0.4) is 0 Å². The molecule has 0 aliphatic carbocycles. The van der Waals surface area contributed by atoms with Crippen LogP contribution in [0.1, 0.15) is 29.8 Å². The average molecular weight is 269 g/mol. The van der Waals surface area contributed by atoms with Gasteiger partial charge >= 0.3 is 0 Å². The topological polar surface area (TPSA) is 18.5 Å². The van der Waals surface area contributed by atoms with Crippen molar-refractivity contribution in [2.45, 2.75) is 25.6 Å². The third-order valence-electron chi connectivity index (χ3n) is 3.82. The highest BCUT2D eigenvalue weighted by Crippen LogP contribution is 2.39. The summed E-state index contributed by atoms with van der Waals surface area (Å²) in [5, 5.41) is 0.0634. The van der Waals surface area contributed by atoms with Gasteiger partial charge in [0.2, 0.25) is 0 Å². The Kier molecular flexibility index (Phi) is 4.52. The van der Waals surface area contributed by atoms with Crippen molar-refractivity contribution in [2.75, 3.05) is 20.3 Å². The first-order valence-electron chi connectivity index (χ1n) is 6.50. The van der Waals surface area contributed by atoms with Crippen LogP contribution in [-0.4, -0.2) is 20.3 Å². The highest BCUT2D eigenvalue weighted by molar-refractivity contribution is 6.21. The fraction of sp³-hybridized carbons (Fsp3) is 0.600. The van der Waals surface area contributed by atoms with Crippen molar-refractivity contribution >= 4 is 11.6 Å². The molecule has 1 saturated heterocycles. The van der Waals surface area contributed by atoms with Crippen LogP contribution in [0.25, 0.3) is 0 Å². The first-order chi connectivity index (χ1) is 8.63. The first-order valence-corrected chi connectivity index (χ1v) is 6.93. The van der Waals surface area contributed by atoms with E-state index in [0.29, 0.717) is 11.8 Å². The molecule has 0 aromatic heterocycles. The van der Waals surface area contributed by atoms with Crippen LogP contribution in [0.5, 0.6) is 5.75 Å². The smallest absolute Gasteiger partial charge is 0.121 e. The summed E-state index contributed by atoms with van der Waals surface area (Å²) in [4.78, 5) is 0. The predicted octanol–water partition coefficient (Wildman–Crippen LogP) is 3.96. The minimum Gasteiger partial charge on any atom is -0.496 e. The average Bonchev–Trinajstić information content (AvgIpc) is 2.38. The number of ether oxygens (including phenoxy) is 2. The minimum atomic E-state index is 0.0634. The molecule has 1 aromatic carbocycles. The van der Waals surface area contributed by atoms with E-state index in [1.54, 1.807) is 7.11 Å². The standard InChI is InChI=1S/C15H21ClO2/c1-10-8-12(4-5-14(10)17-3)15(16)13-6-7-18-9-11(13)2/h4-5,8,11,13,15H,6-7,9H2,1-3H3. The third kappa shape index (κ3) is 2.81. The van der Waals surface area contributed by atoms with Crippen molar-refractivity contribution in [1.29, 1.82) is 0 Å². The number of benzene rings is 1. The van der Waals surface area contributed by atoms with Gasteiger partial charge in [0.15, 0.2) is 0 Å². The van der Waals surface area contributed by atoms with Crippen LogP contribution < -0.4 is 4.74 Å². The van der Waals surface area contributed by atoms with Crippen molar-refractivity contribution in [3.8, 4) is 5.75 Å². The Bertz CT molecular complexity index is 405. The molecule has 1 aliphatic heterocycles. The van der Waals surface area contributed by atoms with Gasteiger partial charge in [-0.1, -0.05) is 19.1 Å². The molecule has 3 atom stereocenters. The van der Waals surface area contributed by atoms with E-state index >= 15 is 0 Å². The van der Waals surface area contributed by atoms with Crippen LogP contribution in [0, 0.1) is 18.8 Å². The maximum Gasteiger partial charge on any atom is 0.121 e. The lowest BCUT2D eigenvalue weighted by molar-refractivity contribution is 0.0228. The molecule has 0 bridgehead atoms. The van der Waals surface area contributed by atoms with Gasteiger partial charge in [-0.2, -0.15) is 0 Å². The maximum absolute atomic E-state index is 6.65. The predicted molar refractivity (Wildman–Crippen MR) is 74.4 cm³/mol. The SMILES string of the molecule is COc1ccc(C(Cl)C2CCOCC2C)cc1C. The highest BCUT2D eigenvalue weighted by atomic mass is 35.5. The lowest BCUT2D eigenvalue weighted by Gasteiger charge is -2.32. The minimum absolute atomic E-state index is 0.0634. The van der Waals surface area contributed by atoms with Crippen molar-refractivity contribution in [3.63, 3.8) is 0 Å². The normalized spacial score (nSPS) is 25.8. The van der Waals surface area contributed by atoms with Gasteiger partial charge < -0.3 is 9.47 Å². The molecule has 0 saturated carbocycles. The zero-order valence-corrected chi connectivity index (χ0v) is 12.0. The van der Waals surface area contributed by atoms with Gasteiger partial charge in [0, 0.05) is 13.2 Å². The van der Waals surface area contributed by atoms with E-state index in [9.17, 15) is 0 Å². The molecule has 0 N–H and O–H groups in total. The second-order valence-corrected chi connectivity index (χ2v) is 5.61. The van der Waals surface area contributed by atoms with Crippen LogP contribution in [0.15, 0.2) is 18.2 Å². The molecule has 100 valence electrons. The molecule has 0 spiro atoms. The lowest BCUT2D eigenvalue weighted by atomic mass is 9.84. The number of alkyl halides is 1. The molecule has 0 amide bonds. The third-order valence-corrected chi connectivity index (χ3v) is 4.40. The van der Waals surface area contributed by atoms with Crippen molar-refractivity contribution < 1.29 is 9.47 Å². The number of halogens is 1. The van der Waals surface area contributed by atoms with Crippen LogP contribution in [0.2, 0.25) is 0 Å². The van der Waals surface area contributed by atoms with E-state index in [1.165, 1.54) is 5.56 Å². The van der Waals surface area contributed by atoms with E-state index in [4.69, 9.17) is 21.1 Å². The Morgan fingerprint density at radius 3 is 2.83 bits per heavy atom. The first kappa shape index (κ1) is 13.7. The molecule has 3 heteroatoms. The molecule has 0 radical (unpaired) electrons. The van der Waals surface area contributed by atoms with Crippen LogP contribution >= 0.6 is 11.6 Å². The summed E-state index contributed by atoms with van der Waals surface area (Å²) in [5.74, 6) is 1.93. The van der Waals surface area contributed by atoms with Gasteiger partial charge in [-0.05, 0) is 42.4 Å². The molecule has 3 unspecified atom stereocenters. The summed E-state index contributed by atoms with van der Waals surface area (Å²) in [6.07, 6.45) is 1.04. The summed E-state index contributed by atoms with van der Waals surface area (Å²) in [6.45, 7) is 5.92. The molecule has 2 rings (SSSR count). The van der Waals surface area contributed by atoms with Crippen LogP contribution in [-0.2, 0) is 4.74 Å². The Labute approximate surface area is 114 Å². The van der Waals surface area contributed by atoms with E-state index in [2.05, 4.69) is 26.0 Å². The quantitative estimate of drug-likeness (QED) is 0.773. The number of rotatable bonds is 3. The number of methoxy groups -OCH3 is 1. The van der Waals surface area contributed by atoms with E-state index in [-0.39, 0.29) is 5.38 Å². The maximum atomic E-state index is 6.65. The fourth-order valence-electron chi connectivity index (χ4n) is 2.65. The fourth-order valence-corrected chi connectivity index (χ4v) is 3.16. The summed E-state index contributed by atoms with van der Waals surface area (Å²) in [5.41, 5.74) is 2.33. The molecular weight excluding hydrogens is 248 g/mol. The number of hydrogen-bond acceptors (Lipinski definition) is 2.